The van der Waals surface area contributed by atoms with Crippen LogP contribution in [0.5, 0.6) is 0 Å². The molecule has 5 nitrogen and oxygen atoms in total. The number of carboxylic acid groups (broad SMARTS) is 1. The van der Waals surface area contributed by atoms with Gasteiger partial charge in [-0.1, -0.05) is 82.1 Å². The van der Waals surface area contributed by atoms with Gasteiger partial charge in [-0.25, -0.2) is 4.79 Å². The predicted octanol–water partition coefficient (Wildman–Crippen LogP) is 6.16. The second-order valence-electron chi connectivity index (χ2n) is 7.29. The molecule has 0 fully saturated rings. The summed E-state index contributed by atoms with van der Waals surface area (Å²) >= 11 is 9.37. The van der Waals surface area contributed by atoms with E-state index in [4.69, 9.17) is 16.3 Å². The summed E-state index contributed by atoms with van der Waals surface area (Å²) in [6.45, 7) is 0.154. The van der Waals surface area contributed by atoms with Crippen molar-refractivity contribution in [1.82, 2.24) is 5.32 Å². The lowest BCUT2D eigenvalue weighted by atomic mass is 9.98. The van der Waals surface area contributed by atoms with Gasteiger partial charge in [0.25, 0.3) is 0 Å². The summed E-state index contributed by atoms with van der Waals surface area (Å²) < 4.78 is 6.17. The molecule has 1 aliphatic rings. The van der Waals surface area contributed by atoms with Gasteiger partial charge < -0.3 is 15.2 Å². The number of hydrogen-bond acceptors (Lipinski definition) is 3. The average Bonchev–Trinajstić information content (AvgIpc) is 3.05. The van der Waals surface area contributed by atoms with Crippen molar-refractivity contribution >= 4 is 39.6 Å². The number of hydrogen-bond donors (Lipinski definition) is 2. The van der Waals surface area contributed by atoms with Crippen molar-refractivity contribution in [1.29, 1.82) is 0 Å². The predicted molar refractivity (Wildman–Crippen MR) is 122 cm³/mol. The molecule has 7 heteroatoms. The Labute approximate surface area is 193 Å². The number of carbonyl (C=O) groups excluding carboxylic acids is 1. The molecule has 31 heavy (non-hydrogen) atoms. The molecule has 0 saturated carbocycles. The van der Waals surface area contributed by atoms with Crippen molar-refractivity contribution in [2.24, 2.45) is 0 Å². The van der Waals surface area contributed by atoms with Gasteiger partial charge in [0.15, 0.2) is 0 Å². The minimum absolute atomic E-state index is 0.0710. The fourth-order valence-corrected chi connectivity index (χ4v) is 4.94. The van der Waals surface area contributed by atoms with Gasteiger partial charge in [0.1, 0.15) is 6.61 Å². The van der Waals surface area contributed by atoms with Crippen LogP contribution in [0.2, 0.25) is 5.02 Å². The van der Waals surface area contributed by atoms with Crippen molar-refractivity contribution in [3.63, 3.8) is 0 Å². The van der Waals surface area contributed by atoms with Gasteiger partial charge in [0.2, 0.25) is 0 Å². The highest BCUT2D eigenvalue weighted by atomic mass is 79.9. The Morgan fingerprint density at radius 1 is 1.03 bits per heavy atom. The van der Waals surface area contributed by atoms with Gasteiger partial charge in [-0.3, -0.25) is 4.79 Å². The third-order valence-electron chi connectivity index (χ3n) is 5.35. The molecule has 3 aromatic carbocycles. The summed E-state index contributed by atoms with van der Waals surface area (Å²) in [7, 11) is 0. The normalized spacial score (nSPS) is 13.2. The van der Waals surface area contributed by atoms with E-state index < -0.39 is 18.1 Å². The summed E-state index contributed by atoms with van der Waals surface area (Å²) in [5, 5.41) is 12.5. The number of alkyl carbamates (subject to hydrolysis) is 1. The first-order valence-corrected chi connectivity index (χ1v) is 10.9. The molecule has 158 valence electrons. The van der Waals surface area contributed by atoms with E-state index in [0.29, 0.717) is 15.1 Å². The zero-order valence-electron chi connectivity index (χ0n) is 16.3. The fraction of sp³-hybridized carbons (Fsp3) is 0.167. The van der Waals surface area contributed by atoms with Gasteiger partial charge in [-0.2, -0.15) is 0 Å². The topological polar surface area (TPSA) is 75.6 Å². The summed E-state index contributed by atoms with van der Waals surface area (Å²) in [6, 6.07) is 20.4. The molecule has 0 heterocycles. The van der Waals surface area contributed by atoms with Crippen LogP contribution in [-0.2, 0) is 9.53 Å². The molecule has 2 N–H and O–H groups in total. The monoisotopic (exact) mass is 499 g/mol. The van der Waals surface area contributed by atoms with Crippen molar-refractivity contribution < 1.29 is 19.4 Å². The molecule has 0 aromatic heterocycles. The van der Waals surface area contributed by atoms with Crippen LogP contribution in [0.3, 0.4) is 0 Å². The highest BCUT2D eigenvalue weighted by Crippen LogP contribution is 2.44. The number of carbonyl (C=O) groups is 2. The van der Waals surface area contributed by atoms with E-state index in [1.807, 2.05) is 36.4 Å². The van der Waals surface area contributed by atoms with Gasteiger partial charge in [-0.15, -0.1) is 0 Å². The third kappa shape index (κ3) is 4.60. The van der Waals surface area contributed by atoms with Gasteiger partial charge in [0, 0.05) is 15.4 Å². The zero-order chi connectivity index (χ0) is 22.0. The summed E-state index contributed by atoms with van der Waals surface area (Å²) in [5.41, 5.74) is 5.11. The molecule has 1 aliphatic carbocycles. The molecule has 0 radical (unpaired) electrons. The SMILES string of the molecule is O=C(O)CC(NC(=O)OCC1c2ccccc2-c2ccccc21)c1ccc(Cl)cc1Br. The number of benzene rings is 3. The highest BCUT2D eigenvalue weighted by molar-refractivity contribution is 9.10. The zero-order valence-corrected chi connectivity index (χ0v) is 18.7. The molecule has 4 rings (SSSR count). The highest BCUT2D eigenvalue weighted by Gasteiger charge is 2.29. The summed E-state index contributed by atoms with van der Waals surface area (Å²) in [4.78, 5) is 24.0. The van der Waals surface area contributed by atoms with Crippen LogP contribution in [0, 0.1) is 0 Å². The first-order valence-electron chi connectivity index (χ1n) is 9.72. The summed E-state index contributed by atoms with van der Waals surface area (Å²) in [6.07, 6.45) is -0.959. The molecule has 1 unspecified atom stereocenters. The van der Waals surface area contributed by atoms with Gasteiger partial charge >= 0.3 is 12.1 Å². The van der Waals surface area contributed by atoms with Crippen LogP contribution in [0.4, 0.5) is 4.79 Å². The van der Waals surface area contributed by atoms with E-state index in [1.54, 1.807) is 18.2 Å². The molecule has 1 atom stereocenters. The van der Waals surface area contributed by atoms with E-state index in [2.05, 4.69) is 33.4 Å². The second kappa shape index (κ2) is 9.12. The number of carboxylic acids is 1. The number of aliphatic carboxylic acids is 1. The number of fused-ring (bicyclic) bond motifs is 3. The first kappa shape index (κ1) is 21.4. The maximum atomic E-state index is 12.6. The summed E-state index contributed by atoms with van der Waals surface area (Å²) in [5.74, 6) is -1.11. The average molecular weight is 501 g/mol. The Hall–Kier alpha value is -2.83. The number of rotatable bonds is 6. The lowest BCUT2D eigenvalue weighted by molar-refractivity contribution is -0.137. The van der Waals surface area contributed by atoms with E-state index in [0.717, 1.165) is 22.3 Å². The quantitative estimate of drug-likeness (QED) is 0.425. The molecule has 3 aromatic rings. The van der Waals surface area contributed by atoms with Crippen molar-refractivity contribution in [3.05, 3.63) is 92.9 Å². The Morgan fingerprint density at radius 2 is 1.65 bits per heavy atom. The maximum absolute atomic E-state index is 12.6. The minimum atomic E-state index is -1.04. The van der Waals surface area contributed by atoms with E-state index >= 15 is 0 Å². The van der Waals surface area contributed by atoms with Crippen molar-refractivity contribution in [2.75, 3.05) is 6.61 Å². The Kier molecular flexibility index (Phi) is 6.30. The van der Waals surface area contributed by atoms with Crippen molar-refractivity contribution in [3.8, 4) is 11.1 Å². The van der Waals surface area contributed by atoms with Gasteiger partial charge in [0.05, 0.1) is 12.5 Å². The lowest BCUT2D eigenvalue weighted by Gasteiger charge is -2.20. The smallest absolute Gasteiger partial charge is 0.407 e. The number of halogens is 2. The Bertz CT molecular complexity index is 1100. The van der Waals surface area contributed by atoms with Gasteiger partial charge in [-0.05, 0) is 39.9 Å². The Balaban J connectivity index is 1.50. The molecular formula is C24H19BrClNO4. The standard InChI is InChI=1S/C24H19BrClNO4/c25-21-11-14(26)9-10-19(21)22(12-23(28)29)27-24(30)31-13-20-17-7-3-1-5-15(17)16-6-2-4-8-18(16)20/h1-11,20,22H,12-13H2,(H,27,30)(H,28,29). The van der Waals surface area contributed by atoms with Crippen LogP contribution >= 0.6 is 27.5 Å². The fourth-order valence-electron chi connectivity index (χ4n) is 3.98. The van der Waals surface area contributed by atoms with Crippen LogP contribution in [-0.4, -0.2) is 23.8 Å². The number of nitrogens with one attached hydrogen (secondary N) is 1. The van der Waals surface area contributed by atoms with Crippen LogP contribution < -0.4 is 5.32 Å². The number of ether oxygens (including phenoxy) is 1. The minimum Gasteiger partial charge on any atom is -0.481 e. The largest absolute Gasteiger partial charge is 0.481 e. The van der Waals surface area contributed by atoms with E-state index in [-0.39, 0.29) is 18.9 Å². The number of amides is 1. The third-order valence-corrected chi connectivity index (χ3v) is 6.27. The lowest BCUT2D eigenvalue weighted by Crippen LogP contribution is -2.32. The van der Waals surface area contributed by atoms with E-state index in [1.165, 1.54) is 0 Å². The molecule has 0 bridgehead atoms. The molecular weight excluding hydrogens is 482 g/mol. The molecule has 0 spiro atoms. The molecule has 0 aliphatic heterocycles. The van der Waals surface area contributed by atoms with Crippen LogP contribution in [0.15, 0.2) is 71.2 Å². The molecule has 0 saturated heterocycles. The Morgan fingerprint density at radius 3 is 2.23 bits per heavy atom. The van der Waals surface area contributed by atoms with Crippen LogP contribution in [0.1, 0.15) is 35.1 Å². The molecule has 1 amide bonds. The van der Waals surface area contributed by atoms with Crippen molar-refractivity contribution in [2.45, 2.75) is 18.4 Å². The maximum Gasteiger partial charge on any atom is 0.407 e. The second-order valence-corrected chi connectivity index (χ2v) is 8.58. The van der Waals surface area contributed by atoms with E-state index in [9.17, 15) is 14.7 Å². The van der Waals surface area contributed by atoms with Crippen LogP contribution in [0.25, 0.3) is 11.1 Å². The first-order chi connectivity index (χ1) is 14.9.